The summed E-state index contributed by atoms with van der Waals surface area (Å²) in [6.45, 7) is -0.131. The lowest BCUT2D eigenvalue weighted by atomic mass is 10.1. The Hall–Kier alpha value is -2.30. The van der Waals surface area contributed by atoms with Crippen LogP contribution < -0.4 is 11.1 Å². The van der Waals surface area contributed by atoms with E-state index in [0.717, 1.165) is 11.1 Å². The number of pyridine rings is 1. The van der Waals surface area contributed by atoms with Crippen molar-refractivity contribution in [2.75, 3.05) is 17.6 Å². The first-order valence-electron chi connectivity index (χ1n) is 4.77. The third-order valence-corrected chi connectivity index (χ3v) is 2.23. The Bertz CT molecular complexity index is 540. The van der Waals surface area contributed by atoms with Crippen molar-refractivity contribution in [3.8, 4) is 0 Å². The topological polar surface area (TPSA) is 88.2 Å². The van der Waals surface area contributed by atoms with Crippen molar-refractivity contribution in [3.63, 3.8) is 0 Å². The van der Waals surface area contributed by atoms with Crippen molar-refractivity contribution in [1.29, 1.82) is 0 Å². The second-order valence-electron chi connectivity index (χ2n) is 3.35. The molecular formula is C11H11N3O2. The van der Waals surface area contributed by atoms with Gasteiger partial charge in [-0.3, -0.25) is 9.78 Å². The Morgan fingerprint density at radius 2 is 2.25 bits per heavy atom. The summed E-state index contributed by atoms with van der Waals surface area (Å²) in [5.74, 6) is -0.908. The molecule has 4 N–H and O–H groups in total. The molecule has 0 saturated carbocycles. The summed E-state index contributed by atoms with van der Waals surface area (Å²) in [5.41, 5.74) is 7.76. The minimum atomic E-state index is -0.908. The number of nitrogens with one attached hydrogen (secondary N) is 1. The standard InChI is InChI=1S/C11H11N3O2/c12-8-3-4-9(14-6-10(15)16)7-2-1-5-13-11(7)8/h1-5,14H,6,12H2,(H,15,16). The van der Waals surface area contributed by atoms with Crippen LogP contribution in [0.2, 0.25) is 0 Å². The largest absolute Gasteiger partial charge is 0.480 e. The van der Waals surface area contributed by atoms with E-state index < -0.39 is 5.97 Å². The Morgan fingerprint density at radius 3 is 3.00 bits per heavy atom. The highest BCUT2D eigenvalue weighted by Gasteiger charge is 2.05. The van der Waals surface area contributed by atoms with Crippen molar-refractivity contribution in [2.45, 2.75) is 0 Å². The van der Waals surface area contributed by atoms with Gasteiger partial charge in [0.05, 0.1) is 11.2 Å². The molecule has 5 heteroatoms. The van der Waals surface area contributed by atoms with Crippen molar-refractivity contribution in [1.82, 2.24) is 4.98 Å². The van der Waals surface area contributed by atoms with Gasteiger partial charge in [-0.1, -0.05) is 0 Å². The van der Waals surface area contributed by atoms with E-state index in [-0.39, 0.29) is 6.54 Å². The first-order chi connectivity index (χ1) is 7.68. The zero-order valence-electron chi connectivity index (χ0n) is 8.47. The minimum absolute atomic E-state index is 0.131. The number of aromatic nitrogens is 1. The molecule has 0 radical (unpaired) electrons. The number of rotatable bonds is 3. The van der Waals surface area contributed by atoms with Crippen molar-refractivity contribution in [3.05, 3.63) is 30.5 Å². The van der Waals surface area contributed by atoms with E-state index in [1.807, 2.05) is 6.07 Å². The average molecular weight is 217 g/mol. The Morgan fingerprint density at radius 1 is 1.44 bits per heavy atom. The van der Waals surface area contributed by atoms with E-state index in [1.54, 1.807) is 24.4 Å². The molecule has 82 valence electrons. The fraction of sp³-hybridized carbons (Fsp3) is 0.0909. The van der Waals surface area contributed by atoms with Crippen LogP contribution in [-0.2, 0) is 4.79 Å². The predicted molar refractivity (Wildman–Crippen MR) is 62.3 cm³/mol. The molecule has 0 amide bonds. The Labute approximate surface area is 91.9 Å². The van der Waals surface area contributed by atoms with Gasteiger partial charge in [0.25, 0.3) is 0 Å². The van der Waals surface area contributed by atoms with Gasteiger partial charge in [0, 0.05) is 17.3 Å². The maximum absolute atomic E-state index is 10.5. The normalized spacial score (nSPS) is 10.2. The third kappa shape index (κ3) is 1.88. The number of fused-ring (bicyclic) bond motifs is 1. The number of anilines is 2. The van der Waals surface area contributed by atoms with Crippen molar-refractivity contribution in [2.24, 2.45) is 0 Å². The van der Waals surface area contributed by atoms with Crippen LogP contribution in [0.3, 0.4) is 0 Å². The number of nitrogen functional groups attached to an aromatic ring is 1. The first kappa shape index (κ1) is 10.2. The average Bonchev–Trinajstić information content (AvgIpc) is 2.28. The highest BCUT2D eigenvalue weighted by atomic mass is 16.4. The van der Waals surface area contributed by atoms with E-state index in [1.165, 1.54) is 0 Å². The van der Waals surface area contributed by atoms with Gasteiger partial charge in [0.2, 0.25) is 0 Å². The molecule has 1 aromatic carbocycles. The van der Waals surface area contributed by atoms with Crippen LogP contribution >= 0.6 is 0 Å². The molecule has 0 aliphatic heterocycles. The van der Waals surface area contributed by atoms with Crippen LogP contribution in [0, 0.1) is 0 Å². The van der Waals surface area contributed by atoms with Gasteiger partial charge in [-0.15, -0.1) is 0 Å². The van der Waals surface area contributed by atoms with E-state index in [0.29, 0.717) is 11.2 Å². The van der Waals surface area contributed by atoms with Gasteiger partial charge in [0.1, 0.15) is 6.54 Å². The van der Waals surface area contributed by atoms with Crippen LogP contribution in [0.4, 0.5) is 11.4 Å². The summed E-state index contributed by atoms with van der Waals surface area (Å²) in [7, 11) is 0. The molecule has 0 aliphatic carbocycles. The van der Waals surface area contributed by atoms with E-state index >= 15 is 0 Å². The lowest BCUT2D eigenvalue weighted by Crippen LogP contribution is -2.12. The number of benzene rings is 1. The summed E-state index contributed by atoms with van der Waals surface area (Å²) < 4.78 is 0. The fourth-order valence-electron chi connectivity index (χ4n) is 1.52. The summed E-state index contributed by atoms with van der Waals surface area (Å²) in [5, 5.41) is 12.2. The molecular weight excluding hydrogens is 206 g/mol. The highest BCUT2D eigenvalue weighted by molar-refractivity contribution is 5.98. The molecule has 0 atom stereocenters. The number of nitrogens with two attached hydrogens (primary N) is 1. The molecule has 0 saturated heterocycles. The molecule has 5 nitrogen and oxygen atoms in total. The van der Waals surface area contributed by atoms with Crippen molar-refractivity contribution < 1.29 is 9.90 Å². The second-order valence-corrected chi connectivity index (χ2v) is 3.35. The van der Waals surface area contributed by atoms with Crippen molar-refractivity contribution >= 4 is 28.2 Å². The van der Waals surface area contributed by atoms with Crippen LogP contribution in [0.1, 0.15) is 0 Å². The molecule has 16 heavy (non-hydrogen) atoms. The zero-order valence-corrected chi connectivity index (χ0v) is 8.47. The number of carboxylic acids is 1. The fourth-order valence-corrected chi connectivity index (χ4v) is 1.52. The molecule has 1 heterocycles. The zero-order chi connectivity index (χ0) is 11.5. The SMILES string of the molecule is Nc1ccc(NCC(=O)O)c2cccnc12. The lowest BCUT2D eigenvalue weighted by Gasteiger charge is -2.08. The molecule has 0 spiro atoms. The smallest absolute Gasteiger partial charge is 0.322 e. The summed E-state index contributed by atoms with van der Waals surface area (Å²) in [6.07, 6.45) is 1.65. The van der Waals surface area contributed by atoms with Gasteiger partial charge >= 0.3 is 5.97 Å². The number of hydrogen-bond acceptors (Lipinski definition) is 4. The highest BCUT2D eigenvalue weighted by Crippen LogP contribution is 2.25. The first-order valence-corrected chi connectivity index (χ1v) is 4.77. The summed E-state index contributed by atoms with van der Waals surface area (Å²) in [6, 6.07) is 7.10. The van der Waals surface area contributed by atoms with Crippen LogP contribution in [0.15, 0.2) is 30.5 Å². The van der Waals surface area contributed by atoms with Crippen LogP contribution in [0.25, 0.3) is 10.9 Å². The summed E-state index contributed by atoms with van der Waals surface area (Å²) >= 11 is 0. The van der Waals surface area contributed by atoms with E-state index in [4.69, 9.17) is 10.8 Å². The predicted octanol–water partition coefficient (Wildman–Crippen LogP) is 1.31. The number of nitrogens with zero attached hydrogens (tertiary/aromatic N) is 1. The number of carbonyl (C=O) groups is 1. The lowest BCUT2D eigenvalue weighted by molar-refractivity contribution is -0.134. The van der Waals surface area contributed by atoms with Gasteiger partial charge in [0.15, 0.2) is 0 Å². The molecule has 0 bridgehead atoms. The number of hydrogen-bond donors (Lipinski definition) is 3. The maximum atomic E-state index is 10.5. The monoisotopic (exact) mass is 217 g/mol. The minimum Gasteiger partial charge on any atom is -0.480 e. The van der Waals surface area contributed by atoms with Gasteiger partial charge in [-0.05, 0) is 24.3 Å². The maximum Gasteiger partial charge on any atom is 0.322 e. The van der Waals surface area contributed by atoms with Crippen LogP contribution in [-0.4, -0.2) is 22.6 Å². The third-order valence-electron chi connectivity index (χ3n) is 2.23. The molecule has 0 fully saturated rings. The summed E-state index contributed by atoms with van der Waals surface area (Å²) in [4.78, 5) is 14.6. The molecule has 0 unspecified atom stereocenters. The van der Waals surface area contributed by atoms with E-state index in [9.17, 15) is 4.79 Å². The Balaban J connectivity index is 2.46. The number of carboxylic acid groups (broad SMARTS) is 1. The molecule has 2 aromatic rings. The molecule has 0 aliphatic rings. The number of aliphatic carboxylic acids is 1. The van der Waals surface area contributed by atoms with Gasteiger partial charge < -0.3 is 16.2 Å². The molecule has 1 aromatic heterocycles. The quantitative estimate of drug-likeness (QED) is 0.674. The van der Waals surface area contributed by atoms with E-state index in [2.05, 4.69) is 10.3 Å². The van der Waals surface area contributed by atoms with Gasteiger partial charge in [-0.25, -0.2) is 0 Å². The second kappa shape index (κ2) is 4.06. The van der Waals surface area contributed by atoms with Crippen LogP contribution in [0.5, 0.6) is 0 Å². The Kier molecular flexibility index (Phi) is 2.59. The molecule has 2 rings (SSSR count). The van der Waals surface area contributed by atoms with Gasteiger partial charge in [-0.2, -0.15) is 0 Å².